The third-order valence-corrected chi connectivity index (χ3v) is 4.97. The summed E-state index contributed by atoms with van der Waals surface area (Å²) >= 11 is 0. The number of hydrogen-bond acceptors (Lipinski definition) is 4. The summed E-state index contributed by atoms with van der Waals surface area (Å²) in [4.78, 5) is 26.2. The summed E-state index contributed by atoms with van der Waals surface area (Å²) < 4.78 is 49.3. The number of esters is 1. The highest BCUT2D eigenvalue weighted by Gasteiger charge is 2.36. The first-order valence-electron chi connectivity index (χ1n) is 8.89. The first kappa shape index (κ1) is 20.2. The molecular formula is C19H21F3N2O4. The average molecular weight is 398 g/mol. The summed E-state index contributed by atoms with van der Waals surface area (Å²) in [6.07, 6.45) is -2.94. The molecule has 0 spiro atoms. The number of carbonyl (C=O) groups is 2. The summed E-state index contributed by atoms with van der Waals surface area (Å²) in [5.41, 5.74) is 0.113. The number of ether oxygens (including phenoxy) is 2. The molecule has 9 heteroatoms. The second-order valence-electron chi connectivity index (χ2n) is 6.79. The molecule has 28 heavy (non-hydrogen) atoms. The minimum Gasteiger partial charge on any atom is -0.459 e. The molecule has 2 amide bonds. The van der Waals surface area contributed by atoms with Gasteiger partial charge in [-0.25, -0.2) is 9.59 Å². The summed E-state index contributed by atoms with van der Waals surface area (Å²) in [5.74, 6) is -0.634. The molecule has 0 saturated carbocycles. The predicted molar refractivity (Wildman–Crippen MR) is 93.1 cm³/mol. The zero-order chi connectivity index (χ0) is 20.5. The molecule has 0 aromatic heterocycles. The van der Waals surface area contributed by atoms with Crippen LogP contribution in [0, 0.1) is 0 Å². The molecule has 2 aliphatic rings. The second-order valence-corrected chi connectivity index (χ2v) is 6.79. The van der Waals surface area contributed by atoms with Crippen molar-refractivity contribution in [2.75, 3.05) is 20.3 Å². The van der Waals surface area contributed by atoms with E-state index in [0.717, 1.165) is 25.0 Å². The third-order valence-electron chi connectivity index (χ3n) is 4.97. The highest BCUT2D eigenvalue weighted by atomic mass is 19.4. The van der Waals surface area contributed by atoms with Crippen LogP contribution in [-0.4, -0.2) is 43.3 Å². The van der Waals surface area contributed by atoms with Crippen LogP contribution >= 0.6 is 0 Å². The molecule has 1 N–H and O–H groups in total. The number of rotatable bonds is 4. The van der Waals surface area contributed by atoms with Crippen molar-refractivity contribution < 1.29 is 32.2 Å². The van der Waals surface area contributed by atoms with E-state index in [2.05, 4.69) is 5.32 Å². The number of hydrogen-bond donors (Lipinski definition) is 1. The Hall–Kier alpha value is -2.55. The van der Waals surface area contributed by atoms with Crippen molar-refractivity contribution in [3.05, 3.63) is 46.7 Å². The molecule has 3 rings (SSSR count). The number of nitrogens with zero attached hydrogens (tertiary/aromatic N) is 1. The van der Waals surface area contributed by atoms with Gasteiger partial charge in [-0.15, -0.1) is 0 Å². The number of nitrogens with one attached hydrogen (secondary N) is 1. The van der Waals surface area contributed by atoms with Gasteiger partial charge in [-0.1, -0.05) is 12.1 Å². The summed E-state index contributed by atoms with van der Waals surface area (Å²) in [6.45, 7) is 2.31. The Kier molecular flexibility index (Phi) is 5.64. The van der Waals surface area contributed by atoms with E-state index in [-0.39, 0.29) is 18.3 Å². The molecule has 2 heterocycles. The van der Waals surface area contributed by atoms with Gasteiger partial charge in [0.2, 0.25) is 0 Å². The van der Waals surface area contributed by atoms with Crippen molar-refractivity contribution in [1.82, 2.24) is 10.2 Å². The molecule has 1 fully saturated rings. The van der Waals surface area contributed by atoms with Gasteiger partial charge in [0.05, 0.1) is 23.3 Å². The van der Waals surface area contributed by atoms with Crippen LogP contribution in [0.5, 0.6) is 0 Å². The van der Waals surface area contributed by atoms with Crippen LogP contribution in [0.3, 0.4) is 0 Å². The fraction of sp³-hybridized carbons (Fsp3) is 0.474. The van der Waals surface area contributed by atoms with Crippen molar-refractivity contribution in [1.29, 1.82) is 0 Å². The number of carbonyl (C=O) groups excluding carboxylic acids is 2. The van der Waals surface area contributed by atoms with Crippen LogP contribution in [0.2, 0.25) is 0 Å². The topological polar surface area (TPSA) is 67.9 Å². The van der Waals surface area contributed by atoms with Crippen molar-refractivity contribution in [3.63, 3.8) is 0 Å². The lowest BCUT2D eigenvalue weighted by molar-refractivity contribution is -0.143. The van der Waals surface area contributed by atoms with E-state index in [1.165, 1.54) is 24.1 Å². The average Bonchev–Trinajstić information content (AvgIpc) is 3.17. The van der Waals surface area contributed by atoms with Gasteiger partial charge in [0, 0.05) is 19.4 Å². The Labute approximate surface area is 160 Å². The van der Waals surface area contributed by atoms with E-state index < -0.39 is 29.8 Å². The van der Waals surface area contributed by atoms with Gasteiger partial charge in [0.15, 0.2) is 0 Å². The minimum atomic E-state index is -4.47. The van der Waals surface area contributed by atoms with Gasteiger partial charge in [-0.2, -0.15) is 13.2 Å². The standard InChI is InChI=1S/C19H21F3N2O4/c1-11-15(17(25)28-10-14-4-3-9-27-14)16(23-18(26)24(11)2)12-5-7-13(8-6-12)19(20,21)22/h5-8,14,16H,3-4,9-10H2,1-2H3,(H,23,26). The lowest BCUT2D eigenvalue weighted by atomic mass is 9.94. The zero-order valence-electron chi connectivity index (χ0n) is 15.5. The van der Waals surface area contributed by atoms with Crippen molar-refractivity contribution in [2.45, 2.75) is 38.1 Å². The van der Waals surface area contributed by atoms with E-state index in [1.54, 1.807) is 6.92 Å². The van der Waals surface area contributed by atoms with Crippen molar-refractivity contribution in [3.8, 4) is 0 Å². The number of alkyl halides is 3. The maximum Gasteiger partial charge on any atom is 0.416 e. The van der Waals surface area contributed by atoms with Gasteiger partial charge in [0.1, 0.15) is 6.61 Å². The minimum absolute atomic E-state index is 0.0903. The van der Waals surface area contributed by atoms with E-state index in [9.17, 15) is 22.8 Å². The number of halogens is 3. The SMILES string of the molecule is CC1=C(C(=O)OCC2CCCO2)C(c2ccc(C(F)(F)F)cc2)NC(=O)N1C. The molecular weight excluding hydrogens is 377 g/mol. The normalized spacial score (nSPS) is 23.0. The van der Waals surface area contributed by atoms with Crippen LogP contribution in [0.25, 0.3) is 0 Å². The zero-order valence-corrected chi connectivity index (χ0v) is 15.5. The lowest BCUT2D eigenvalue weighted by Crippen LogP contribution is -2.46. The molecule has 0 aliphatic carbocycles. The Balaban J connectivity index is 1.86. The Bertz CT molecular complexity index is 783. The predicted octanol–water partition coefficient (Wildman–Crippen LogP) is 3.40. The fourth-order valence-corrected chi connectivity index (χ4v) is 3.24. The Morgan fingerprint density at radius 1 is 1.32 bits per heavy atom. The van der Waals surface area contributed by atoms with Gasteiger partial charge in [0.25, 0.3) is 0 Å². The van der Waals surface area contributed by atoms with E-state index in [0.29, 0.717) is 17.9 Å². The maximum atomic E-state index is 12.8. The lowest BCUT2D eigenvalue weighted by Gasteiger charge is -2.33. The van der Waals surface area contributed by atoms with Crippen LogP contribution in [-0.2, 0) is 20.4 Å². The molecule has 1 aromatic rings. The molecule has 6 nitrogen and oxygen atoms in total. The van der Waals surface area contributed by atoms with Gasteiger partial charge in [-0.05, 0) is 37.5 Å². The summed E-state index contributed by atoms with van der Waals surface area (Å²) in [6, 6.07) is 2.98. The van der Waals surface area contributed by atoms with Crippen molar-refractivity contribution in [2.24, 2.45) is 0 Å². The summed E-state index contributed by atoms with van der Waals surface area (Å²) in [5, 5.41) is 2.65. The van der Waals surface area contributed by atoms with E-state index in [4.69, 9.17) is 9.47 Å². The van der Waals surface area contributed by atoms with Gasteiger partial charge >= 0.3 is 18.2 Å². The molecule has 0 bridgehead atoms. The quantitative estimate of drug-likeness (QED) is 0.790. The largest absolute Gasteiger partial charge is 0.459 e. The molecule has 2 atom stereocenters. The molecule has 152 valence electrons. The van der Waals surface area contributed by atoms with Crippen LogP contribution in [0.15, 0.2) is 35.5 Å². The molecule has 1 aromatic carbocycles. The Morgan fingerprint density at radius 2 is 2.00 bits per heavy atom. The molecule has 2 unspecified atom stereocenters. The highest BCUT2D eigenvalue weighted by molar-refractivity contribution is 5.95. The van der Waals surface area contributed by atoms with E-state index in [1.807, 2.05) is 0 Å². The monoisotopic (exact) mass is 398 g/mol. The number of urea groups is 1. The molecule has 2 aliphatic heterocycles. The number of allylic oxidation sites excluding steroid dienone is 1. The number of benzene rings is 1. The highest BCUT2D eigenvalue weighted by Crippen LogP contribution is 2.34. The first-order chi connectivity index (χ1) is 13.2. The Morgan fingerprint density at radius 3 is 2.57 bits per heavy atom. The van der Waals surface area contributed by atoms with E-state index >= 15 is 0 Å². The fourth-order valence-electron chi connectivity index (χ4n) is 3.24. The maximum absolute atomic E-state index is 12.8. The molecule has 0 radical (unpaired) electrons. The van der Waals surface area contributed by atoms with Gasteiger partial charge in [-0.3, -0.25) is 0 Å². The van der Waals surface area contributed by atoms with Crippen molar-refractivity contribution >= 4 is 12.0 Å². The molecule has 1 saturated heterocycles. The van der Waals surface area contributed by atoms with Crippen LogP contribution in [0.4, 0.5) is 18.0 Å². The van der Waals surface area contributed by atoms with Crippen LogP contribution < -0.4 is 5.32 Å². The summed E-state index contributed by atoms with van der Waals surface area (Å²) in [7, 11) is 1.50. The van der Waals surface area contributed by atoms with Gasteiger partial charge < -0.3 is 19.7 Å². The second kappa shape index (κ2) is 7.83. The van der Waals surface area contributed by atoms with Crippen LogP contribution in [0.1, 0.15) is 36.9 Å². The first-order valence-corrected chi connectivity index (χ1v) is 8.89. The smallest absolute Gasteiger partial charge is 0.416 e. The third kappa shape index (κ3) is 4.14. The number of amides is 2.